The standard InChI is InChI=1S/C16H19N5O3S/c1-10(14-19-15(20-24-14)16(17)8-4-5-9-16)18-13-11-6-2-3-7-12(11)25(22,23)21-13/h2-3,6-7,10H,4-5,8-9,17H2,1H3,(H,18,21). The SMILES string of the molecule is CC(N=C1NS(=O)(=O)c2ccccc21)c1nc(C2(N)CCCC2)no1. The summed E-state index contributed by atoms with van der Waals surface area (Å²) in [5.74, 6) is 1.11. The van der Waals surface area contributed by atoms with Gasteiger partial charge >= 0.3 is 0 Å². The summed E-state index contributed by atoms with van der Waals surface area (Å²) in [6.07, 6.45) is 3.78. The fourth-order valence-electron chi connectivity index (χ4n) is 3.32. The second-order valence-corrected chi connectivity index (χ2v) is 8.23. The van der Waals surface area contributed by atoms with Gasteiger partial charge in [0.2, 0.25) is 0 Å². The molecule has 2 aliphatic rings. The maximum Gasteiger partial charge on any atom is 0.263 e. The Morgan fingerprint density at radius 1 is 1.32 bits per heavy atom. The Bertz CT molecular complexity index is 944. The molecule has 1 atom stereocenters. The molecule has 0 saturated heterocycles. The highest BCUT2D eigenvalue weighted by Crippen LogP contribution is 2.35. The van der Waals surface area contributed by atoms with Crippen molar-refractivity contribution in [1.82, 2.24) is 14.9 Å². The molecule has 1 unspecified atom stereocenters. The van der Waals surface area contributed by atoms with Crippen LogP contribution in [0.25, 0.3) is 0 Å². The highest BCUT2D eigenvalue weighted by Gasteiger charge is 2.37. The van der Waals surface area contributed by atoms with Crippen LogP contribution < -0.4 is 10.5 Å². The molecule has 0 radical (unpaired) electrons. The third kappa shape index (κ3) is 2.73. The van der Waals surface area contributed by atoms with E-state index in [2.05, 4.69) is 19.9 Å². The zero-order valence-corrected chi connectivity index (χ0v) is 14.6. The van der Waals surface area contributed by atoms with Crippen LogP contribution in [0.2, 0.25) is 0 Å². The maximum absolute atomic E-state index is 12.1. The van der Waals surface area contributed by atoms with Gasteiger partial charge in [-0.1, -0.05) is 30.1 Å². The number of aliphatic imine (C=N–C) groups is 1. The molecule has 3 N–H and O–H groups in total. The number of benzene rings is 1. The minimum Gasteiger partial charge on any atom is -0.337 e. The van der Waals surface area contributed by atoms with Gasteiger partial charge in [0.25, 0.3) is 15.9 Å². The van der Waals surface area contributed by atoms with E-state index in [1.807, 2.05) is 0 Å². The first-order valence-electron chi connectivity index (χ1n) is 8.22. The van der Waals surface area contributed by atoms with Crippen LogP contribution >= 0.6 is 0 Å². The molecule has 2 aromatic rings. The fourth-order valence-corrected chi connectivity index (χ4v) is 4.55. The summed E-state index contributed by atoms with van der Waals surface area (Å²) < 4.78 is 32.1. The van der Waals surface area contributed by atoms with Gasteiger partial charge in [-0.3, -0.25) is 9.71 Å². The molecule has 4 rings (SSSR count). The van der Waals surface area contributed by atoms with Crippen molar-refractivity contribution >= 4 is 15.9 Å². The zero-order chi connectivity index (χ0) is 17.7. The van der Waals surface area contributed by atoms with E-state index in [4.69, 9.17) is 10.3 Å². The number of hydrogen-bond donors (Lipinski definition) is 2. The lowest BCUT2D eigenvalue weighted by molar-refractivity contribution is 0.339. The largest absolute Gasteiger partial charge is 0.337 e. The Hall–Kier alpha value is -2.26. The molecule has 1 fully saturated rings. The van der Waals surface area contributed by atoms with Crippen LogP contribution in [0.1, 0.15) is 55.9 Å². The van der Waals surface area contributed by atoms with Crippen molar-refractivity contribution in [3.8, 4) is 0 Å². The molecular formula is C16H19N5O3S. The molecule has 1 aromatic carbocycles. The molecule has 1 aromatic heterocycles. The molecule has 1 aliphatic heterocycles. The molecule has 0 spiro atoms. The minimum absolute atomic E-state index is 0.221. The van der Waals surface area contributed by atoms with Gasteiger partial charge in [-0.2, -0.15) is 4.98 Å². The molecule has 2 heterocycles. The number of nitrogens with two attached hydrogens (primary N) is 1. The van der Waals surface area contributed by atoms with Gasteiger partial charge in [-0.25, -0.2) is 8.42 Å². The van der Waals surface area contributed by atoms with E-state index in [9.17, 15) is 8.42 Å². The quantitative estimate of drug-likeness (QED) is 0.856. The van der Waals surface area contributed by atoms with Crippen molar-refractivity contribution in [1.29, 1.82) is 0 Å². The molecule has 132 valence electrons. The van der Waals surface area contributed by atoms with Crippen LogP contribution in [-0.4, -0.2) is 24.4 Å². The molecule has 1 saturated carbocycles. The topological polar surface area (TPSA) is 123 Å². The summed E-state index contributed by atoms with van der Waals surface area (Å²) in [5, 5.41) is 4.02. The number of sulfonamides is 1. The van der Waals surface area contributed by atoms with Gasteiger partial charge in [0.05, 0.1) is 10.4 Å². The summed E-state index contributed by atoms with van der Waals surface area (Å²) in [7, 11) is -3.57. The average Bonchev–Trinajstić information content (AvgIpc) is 3.28. The van der Waals surface area contributed by atoms with Gasteiger partial charge in [0, 0.05) is 5.56 Å². The molecule has 0 bridgehead atoms. The second kappa shape index (κ2) is 5.63. The fraction of sp³-hybridized carbons (Fsp3) is 0.438. The first-order chi connectivity index (χ1) is 11.9. The summed E-state index contributed by atoms with van der Waals surface area (Å²) in [4.78, 5) is 9.07. The van der Waals surface area contributed by atoms with E-state index in [1.165, 1.54) is 0 Å². The van der Waals surface area contributed by atoms with Crippen LogP contribution in [0.15, 0.2) is 38.7 Å². The Morgan fingerprint density at radius 2 is 2.04 bits per heavy atom. The van der Waals surface area contributed by atoms with Gasteiger partial charge < -0.3 is 10.3 Å². The van der Waals surface area contributed by atoms with Gasteiger partial charge in [-0.05, 0) is 31.9 Å². The van der Waals surface area contributed by atoms with Crippen molar-refractivity contribution in [3.05, 3.63) is 41.5 Å². The lowest BCUT2D eigenvalue weighted by Gasteiger charge is -2.17. The van der Waals surface area contributed by atoms with Crippen LogP contribution in [0.4, 0.5) is 0 Å². The maximum atomic E-state index is 12.1. The highest BCUT2D eigenvalue weighted by atomic mass is 32.2. The van der Waals surface area contributed by atoms with E-state index in [0.29, 0.717) is 17.3 Å². The monoisotopic (exact) mass is 361 g/mol. The Kier molecular flexibility index (Phi) is 3.66. The minimum atomic E-state index is -3.57. The average molecular weight is 361 g/mol. The number of fused-ring (bicyclic) bond motifs is 1. The van der Waals surface area contributed by atoms with Gasteiger partial charge in [-0.15, -0.1) is 0 Å². The second-order valence-electron chi connectivity index (χ2n) is 6.57. The molecule has 8 nitrogen and oxygen atoms in total. The van der Waals surface area contributed by atoms with E-state index in [1.54, 1.807) is 31.2 Å². The summed E-state index contributed by atoms with van der Waals surface area (Å²) in [5.41, 5.74) is 6.35. The summed E-state index contributed by atoms with van der Waals surface area (Å²) >= 11 is 0. The van der Waals surface area contributed by atoms with Crippen molar-refractivity contribution in [2.45, 2.75) is 49.1 Å². The Morgan fingerprint density at radius 3 is 2.80 bits per heavy atom. The summed E-state index contributed by atoms with van der Waals surface area (Å²) in [6, 6.07) is 6.22. The van der Waals surface area contributed by atoms with E-state index >= 15 is 0 Å². The molecule has 0 amide bonds. The molecule has 1 aliphatic carbocycles. The third-order valence-corrected chi connectivity index (χ3v) is 6.12. The van der Waals surface area contributed by atoms with Crippen LogP contribution in [0.5, 0.6) is 0 Å². The normalized spacial score (nSPS) is 23.4. The van der Waals surface area contributed by atoms with E-state index < -0.39 is 21.6 Å². The van der Waals surface area contributed by atoms with Gasteiger partial charge in [0.15, 0.2) is 5.82 Å². The van der Waals surface area contributed by atoms with Crippen molar-refractivity contribution in [2.75, 3.05) is 0 Å². The number of amidine groups is 1. The van der Waals surface area contributed by atoms with Crippen LogP contribution in [0.3, 0.4) is 0 Å². The van der Waals surface area contributed by atoms with Crippen molar-refractivity contribution in [2.24, 2.45) is 10.7 Å². The molecule has 9 heteroatoms. The van der Waals surface area contributed by atoms with Crippen molar-refractivity contribution in [3.63, 3.8) is 0 Å². The predicted octanol–water partition coefficient (Wildman–Crippen LogP) is 1.60. The zero-order valence-electron chi connectivity index (χ0n) is 13.8. The van der Waals surface area contributed by atoms with E-state index in [-0.39, 0.29) is 10.7 Å². The van der Waals surface area contributed by atoms with E-state index in [0.717, 1.165) is 25.7 Å². The Balaban J connectivity index is 1.64. The lowest BCUT2D eigenvalue weighted by Crippen LogP contribution is -2.34. The molecule has 25 heavy (non-hydrogen) atoms. The third-order valence-electron chi connectivity index (χ3n) is 4.73. The van der Waals surface area contributed by atoms with Crippen LogP contribution in [-0.2, 0) is 15.6 Å². The number of nitrogens with one attached hydrogen (secondary N) is 1. The van der Waals surface area contributed by atoms with Gasteiger partial charge in [0.1, 0.15) is 11.9 Å². The predicted molar refractivity (Wildman–Crippen MR) is 90.3 cm³/mol. The van der Waals surface area contributed by atoms with Crippen LogP contribution in [0, 0.1) is 0 Å². The highest BCUT2D eigenvalue weighted by molar-refractivity contribution is 7.90. The lowest BCUT2D eigenvalue weighted by atomic mass is 9.99. The Labute approximate surface area is 145 Å². The smallest absolute Gasteiger partial charge is 0.263 e. The number of hydrogen-bond acceptors (Lipinski definition) is 7. The molecular weight excluding hydrogens is 342 g/mol. The number of rotatable bonds is 3. The first-order valence-corrected chi connectivity index (χ1v) is 9.70. The number of nitrogens with zero attached hydrogens (tertiary/aromatic N) is 3. The first kappa shape index (κ1) is 16.2. The number of aromatic nitrogens is 2. The summed E-state index contributed by atoms with van der Waals surface area (Å²) in [6.45, 7) is 1.78. The van der Waals surface area contributed by atoms with Crippen molar-refractivity contribution < 1.29 is 12.9 Å².